The van der Waals surface area contributed by atoms with Crippen LogP contribution in [0.4, 0.5) is 5.82 Å². The van der Waals surface area contributed by atoms with E-state index in [1.165, 1.54) is 4.57 Å². The van der Waals surface area contributed by atoms with E-state index in [-0.39, 0.29) is 11.4 Å². The van der Waals surface area contributed by atoms with Crippen LogP contribution < -0.4 is 10.9 Å². The van der Waals surface area contributed by atoms with Crippen molar-refractivity contribution in [2.24, 2.45) is 0 Å². The van der Waals surface area contributed by atoms with Gasteiger partial charge in [-0.2, -0.15) is 0 Å². The van der Waals surface area contributed by atoms with Gasteiger partial charge < -0.3 is 9.84 Å². The molecule has 3 aromatic heterocycles. The predicted molar refractivity (Wildman–Crippen MR) is 101 cm³/mol. The summed E-state index contributed by atoms with van der Waals surface area (Å²) in [4.78, 5) is 30.0. The molecule has 4 aromatic rings. The molecule has 0 bridgehead atoms. The number of amides is 1. The summed E-state index contributed by atoms with van der Waals surface area (Å²) >= 11 is 0. The van der Waals surface area contributed by atoms with Gasteiger partial charge in [-0.1, -0.05) is 35.5 Å². The van der Waals surface area contributed by atoms with Gasteiger partial charge in [-0.3, -0.25) is 14.2 Å². The zero-order chi connectivity index (χ0) is 18.8. The minimum absolute atomic E-state index is 0.0204. The Morgan fingerprint density at radius 3 is 2.70 bits per heavy atom. The molecule has 1 N–H and O–H groups in total. The van der Waals surface area contributed by atoms with E-state index in [2.05, 4.69) is 15.5 Å². The number of pyridine rings is 2. The van der Waals surface area contributed by atoms with Gasteiger partial charge >= 0.3 is 0 Å². The number of nitrogens with one attached hydrogen (secondary N) is 1. The highest BCUT2D eigenvalue weighted by Gasteiger charge is 2.17. The Bertz CT molecular complexity index is 1180. The molecular formula is C20H16N4O3. The monoisotopic (exact) mass is 360 g/mol. The molecule has 0 unspecified atom stereocenters. The van der Waals surface area contributed by atoms with Gasteiger partial charge in [-0.25, -0.2) is 4.98 Å². The molecule has 0 saturated carbocycles. The lowest BCUT2D eigenvalue weighted by Gasteiger charge is -2.12. The third-order valence-corrected chi connectivity index (χ3v) is 4.15. The summed E-state index contributed by atoms with van der Waals surface area (Å²) in [6.45, 7) is 2.04. The van der Waals surface area contributed by atoms with Crippen LogP contribution in [0.1, 0.15) is 21.7 Å². The summed E-state index contributed by atoms with van der Waals surface area (Å²) in [5, 5.41) is 7.04. The molecule has 0 saturated heterocycles. The molecule has 7 nitrogen and oxygen atoms in total. The predicted octanol–water partition coefficient (Wildman–Crippen LogP) is 2.99. The summed E-state index contributed by atoms with van der Waals surface area (Å²) in [5.41, 5.74) is 1.08. The van der Waals surface area contributed by atoms with Crippen molar-refractivity contribution < 1.29 is 9.32 Å². The highest BCUT2D eigenvalue weighted by molar-refractivity contribution is 6.05. The summed E-state index contributed by atoms with van der Waals surface area (Å²) in [6, 6.07) is 16.3. The van der Waals surface area contributed by atoms with Crippen molar-refractivity contribution in [2.45, 2.75) is 13.5 Å². The number of aromatic nitrogens is 3. The number of hydrogen-bond donors (Lipinski definition) is 1. The number of nitrogens with zero attached hydrogens (tertiary/aromatic N) is 3. The Kier molecular flexibility index (Phi) is 4.25. The van der Waals surface area contributed by atoms with Crippen molar-refractivity contribution in [1.29, 1.82) is 0 Å². The van der Waals surface area contributed by atoms with Crippen LogP contribution in [-0.2, 0) is 6.54 Å². The van der Waals surface area contributed by atoms with Gasteiger partial charge in [0.25, 0.3) is 11.5 Å². The second-order valence-corrected chi connectivity index (χ2v) is 6.13. The van der Waals surface area contributed by atoms with E-state index in [0.29, 0.717) is 23.3 Å². The first-order valence-electron chi connectivity index (χ1n) is 8.39. The molecule has 0 atom stereocenters. The highest BCUT2D eigenvalue weighted by Crippen LogP contribution is 2.14. The van der Waals surface area contributed by atoms with E-state index in [1.54, 1.807) is 31.3 Å². The fourth-order valence-electron chi connectivity index (χ4n) is 2.89. The van der Waals surface area contributed by atoms with Crippen molar-refractivity contribution in [3.05, 3.63) is 88.0 Å². The van der Waals surface area contributed by atoms with Gasteiger partial charge in [-0.15, -0.1) is 0 Å². The molecule has 1 amide bonds. The molecule has 134 valence electrons. The van der Waals surface area contributed by atoms with E-state index in [9.17, 15) is 9.59 Å². The molecule has 0 aliphatic heterocycles. The van der Waals surface area contributed by atoms with Crippen molar-refractivity contribution >= 4 is 22.8 Å². The van der Waals surface area contributed by atoms with E-state index in [0.717, 1.165) is 5.56 Å². The van der Waals surface area contributed by atoms with Gasteiger partial charge in [0.05, 0.1) is 6.54 Å². The fraction of sp³-hybridized carbons (Fsp3) is 0.100. The molecule has 0 aliphatic carbocycles. The molecule has 0 spiro atoms. The Morgan fingerprint density at radius 2 is 1.96 bits per heavy atom. The third kappa shape index (κ3) is 3.35. The second kappa shape index (κ2) is 6.87. The van der Waals surface area contributed by atoms with E-state index in [1.807, 2.05) is 36.4 Å². The van der Waals surface area contributed by atoms with Crippen LogP contribution >= 0.6 is 0 Å². The van der Waals surface area contributed by atoms with Gasteiger partial charge in [0, 0.05) is 17.6 Å². The van der Waals surface area contributed by atoms with Gasteiger partial charge in [0.2, 0.25) is 0 Å². The molecule has 27 heavy (non-hydrogen) atoms. The number of fused-ring (bicyclic) bond motifs is 1. The quantitative estimate of drug-likeness (QED) is 0.604. The van der Waals surface area contributed by atoms with Crippen LogP contribution in [0.15, 0.2) is 70.1 Å². The number of aryl methyl sites for hydroxylation is 1. The molecule has 7 heteroatoms. The summed E-state index contributed by atoms with van der Waals surface area (Å²) in [5.74, 6) is 0.285. The largest absolute Gasteiger partial charge is 0.360 e. The average Bonchev–Trinajstić information content (AvgIpc) is 3.09. The number of benzene rings is 1. The van der Waals surface area contributed by atoms with Crippen molar-refractivity contribution in [1.82, 2.24) is 14.7 Å². The van der Waals surface area contributed by atoms with E-state index < -0.39 is 11.5 Å². The van der Waals surface area contributed by atoms with Crippen molar-refractivity contribution in [3.8, 4) is 0 Å². The smallest absolute Gasteiger partial charge is 0.265 e. The van der Waals surface area contributed by atoms with Crippen molar-refractivity contribution in [3.63, 3.8) is 0 Å². The summed E-state index contributed by atoms with van der Waals surface area (Å²) in [7, 11) is 0. The molecular weight excluding hydrogens is 344 g/mol. The normalized spacial score (nSPS) is 10.9. The molecule has 1 aromatic carbocycles. The number of hydrogen-bond acceptors (Lipinski definition) is 5. The van der Waals surface area contributed by atoms with Crippen LogP contribution in [-0.4, -0.2) is 20.6 Å². The number of anilines is 1. The van der Waals surface area contributed by atoms with Gasteiger partial charge in [-0.05, 0) is 30.7 Å². The molecule has 0 aliphatic rings. The maximum atomic E-state index is 13.0. The zero-order valence-corrected chi connectivity index (χ0v) is 14.5. The lowest BCUT2D eigenvalue weighted by atomic mass is 10.1. The Morgan fingerprint density at radius 1 is 1.15 bits per heavy atom. The van der Waals surface area contributed by atoms with Crippen LogP contribution in [0.2, 0.25) is 0 Å². The Balaban J connectivity index is 1.80. The van der Waals surface area contributed by atoms with Crippen LogP contribution in [0.3, 0.4) is 0 Å². The van der Waals surface area contributed by atoms with E-state index in [4.69, 9.17) is 4.52 Å². The first kappa shape index (κ1) is 16.7. The summed E-state index contributed by atoms with van der Waals surface area (Å²) < 4.78 is 6.45. The average molecular weight is 360 g/mol. The second-order valence-electron chi connectivity index (χ2n) is 6.13. The number of carbonyl (C=O) groups excluding carboxylic acids is 1. The minimum Gasteiger partial charge on any atom is -0.360 e. The molecule has 0 fully saturated rings. The number of rotatable bonds is 4. The topological polar surface area (TPSA) is 90.0 Å². The Hall–Kier alpha value is -3.74. The molecule has 4 rings (SSSR count). The Labute approximate surface area is 154 Å². The van der Waals surface area contributed by atoms with Crippen LogP contribution in [0.25, 0.3) is 11.0 Å². The fourth-order valence-corrected chi connectivity index (χ4v) is 2.89. The van der Waals surface area contributed by atoms with Gasteiger partial charge in [0.1, 0.15) is 17.0 Å². The first-order chi connectivity index (χ1) is 13.1. The molecule has 0 radical (unpaired) electrons. The van der Waals surface area contributed by atoms with Crippen LogP contribution in [0.5, 0.6) is 0 Å². The SMILES string of the molecule is Cc1cc(NC(=O)c2cc3cccnc3n(Cc3ccccc3)c2=O)no1. The summed E-state index contributed by atoms with van der Waals surface area (Å²) in [6.07, 6.45) is 1.63. The maximum Gasteiger partial charge on any atom is 0.265 e. The van der Waals surface area contributed by atoms with Crippen LogP contribution in [0, 0.1) is 6.92 Å². The van der Waals surface area contributed by atoms with E-state index >= 15 is 0 Å². The first-order valence-corrected chi connectivity index (χ1v) is 8.39. The zero-order valence-electron chi connectivity index (χ0n) is 14.5. The third-order valence-electron chi connectivity index (χ3n) is 4.15. The lowest BCUT2D eigenvalue weighted by Crippen LogP contribution is -2.30. The van der Waals surface area contributed by atoms with Crippen molar-refractivity contribution in [2.75, 3.05) is 5.32 Å². The van der Waals surface area contributed by atoms with Gasteiger partial charge in [0.15, 0.2) is 5.82 Å². The standard InChI is InChI=1S/C20H16N4O3/c1-13-10-17(23-27-13)22-19(25)16-11-15-8-5-9-21-18(15)24(20(16)26)12-14-6-3-2-4-7-14/h2-11H,12H2,1H3,(H,22,23,25). The highest BCUT2D eigenvalue weighted by atomic mass is 16.5. The number of carbonyl (C=O) groups is 1. The minimum atomic E-state index is -0.541. The lowest BCUT2D eigenvalue weighted by molar-refractivity contribution is 0.102. The molecule has 3 heterocycles. The maximum absolute atomic E-state index is 13.0.